The Kier molecular flexibility index (Phi) is 5.02. The van der Waals surface area contributed by atoms with Crippen LogP contribution in [0, 0.1) is 0 Å². The molecule has 1 aliphatic heterocycles. The van der Waals surface area contributed by atoms with Gasteiger partial charge in [0, 0.05) is 30.4 Å². The first-order chi connectivity index (χ1) is 9.11. The van der Waals surface area contributed by atoms with Crippen LogP contribution in [-0.2, 0) is 11.3 Å². The topological polar surface area (TPSA) is 45.2 Å². The van der Waals surface area contributed by atoms with Crippen LogP contribution in [0.5, 0.6) is 0 Å². The van der Waals surface area contributed by atoms with Gasteiger partial charge in [-0.15, -0.1) is 0 Å². The maximum atomic E-state index is 11.9. The van der Waals surface area contributed by atoms with Crippen molar-refractivity contribution in [2.45, 2.75) is 31.8 Å². The Morgan fingerprint density at radius 3 is 3.00 bits per heavy atom. The summed E-state index contributed by atoms with van der Waals surface area (Å²) in [7, 11) is 1.67. The van der Waals surface area contributed by atoms with Crippen molar-refractivity contribution < 1.29 is 4.79 Å². The van der Waals surface area contributed by atoms with E-state index in [4.69, 9.17) is 23.2 Å². The standard InChI is InChI=1S/C13H17Cl2N3O/c1-16-13(19)11-4-2-3-5-18(11)8-9-7-17-12(15)6-10(9)14/h6-7,11H,2-5,8H2,1H3,(H,16,19). The number of pyridine rings is 1. The highest BCUT2D eigenvalue weighted by molar-refractivity contribution is 6.34. The fourth-order valence-electron chi connectivity index (χ4n) is 2.41. The average molecular weight is 302 g/mol. The van der Waals surface area contributed by atoms with Gasteiger partial charge in [0.2, 0.25) is 5.91 Å². The molecule has 2 heterocycles. The number of carbonyl (C=O) groups excluding carboxylic acids is 1. The number of halogens is 2. The van der Waals surface area contributed by atoms with Gasteiger partial charge < -0.3 is 5.32 Å². The lowest BCUT2D eigenvalue weighted by Crippen LogP contribution is -2.48. The van der Waals surface area contributed by atoms with Crippen molar-refractivity contribution in [2.75, 3.05) is 13.6 Å². The molecule has 1 atom stereocenters. The summed E-state index contributed by atoms with van der Waals surface area (Å²) < 4.78 is 0. The molecular weight excluding hydrogens is 285 g/mol. The van der Waals surface area contributed by atoms with Crippen LogP contribution in [0.4, 0.5) is 0 Å². The van der Waals surface area contributed by atoms with Crippen LogP contribution in [0.3, 0.4) is 0 Å². The van der Waals surface area contributed by atoms with E-state index in [9.17, 15) is 4.79 Å². The molecule has 1 aromatic heterocycles. The molecule has 1 aliphatic rings. The molecule has 1 fully saturated rings. The summed E-state index contributed by atoms with van der Waals surface area (Å²) in [6.07, 6.45) is 4.76. The third-order valence-corrected chi connectivity index (χ3v) is 3.99. The Morgan fingerprint density at radius 1 is 1.53 bits per heavy atom. The number of nitrogens with one attached hydrogen (secondary N) is 1. The number of likely N-dealkylation sites (N-methyl/N-ethyl adjacent to an activating group) is 1. The van der Waals surface area contributed by atoms with Crippen molar-refractivity contribution in [1.29, 1.82) is 0 Å². The molecule has 4 nitrogen and oxygen atoms in total. The van der Waals surface area contributed by atoms with Gasteiger partial charge in [-0.05, 0) is 25.5 Å². The summed E-state index contributed by atoms with van der Waals surface area (Å²) in [6, 6.07) is 1.56. The second kappa shape index (κ2) is 6.55. The van der Waals surface area contributed by atoms with Gasteiger partial charge in [-0.1, -0.05) is 29.6 Å². The number of amides is 1. The third-order valence-electron chi connectivity index (χ3n) is 3.43. The molecule has 6 heteroatoms. The summed E-state index contributed by atoms with van der Waals surface area (Å²) in [4.78, 5) is 18.1. The predicted molar refractivity (Wildman–Crippen MR) is 76.4 cm³/mol. The first-order valence-corrected chi connectivity index (χ1v) is 7.13. The highest BCUT2D eigenvalue weighted by Gasteiger charge is 2.28. The minimum Gasteiger partial charge on any atom is -0.358 e. The van der Waals surface area contributed by atoms with E-state index >= 15 is 0 Å². The van der Waals surface area contributed by atoms with E-state index in [2.05, 4.69) is 15.2 Å². The number of carbonyl (C=O) groups is 1. The maximum absolute atomic E-state index is 11.9. The fourth-order valence-corrected chi connectivity index (χ4v) is 2.84. The van der Waals surface area contributed by atoms with E-state index in [1.165, 1.54) is 0 Å². The molecule has 2 rings (SSSR count). The summed E-state index contributed by atoms with van der Waals surface area (Å²) in [6.45, 7) is 1.53. The van der Waals surface area contributed by atoms with Crippen LogP contribution in [-0.4, -0.2) is 35.4 Å². The molecule has 0 saturated carbocycles. The van der Waals surface area contributed by atoms with Gasteiger partial charge in [-0.3, -0.25) is 9.69 Å². The second-order valence-corrected chi connectivity index (χ2v) is 5.49. The first kappa shape index (κ1) is 14.6. The third kappa shape index (κ3) is 3.59. The molecule has 19 heavy (non-hydrogen) atoms. The number of hydrogen-bond donors (Lipinski definition) is 1. The van der Waals surface area contributed by atoms with Crippen LogP contribution in [0.25, 0.3) is 0 Å². The van der Waals surface area contributed by atoms with Gasteiger partial charge in [0.1, 0.15) is 5.15 Å². The molecule has 1 unspecified atom stereocenters. The summed E-state index contributed by atoms with van der Waals surface area (Å²) >= 11 is 11.9. The van der Waals surface area contributed by atoms with E-state index in [0.717, 1.165) is 31.4 Å². The monoisotopic (exact) mass is 301 g/mol. The minimum atomic E-state index is -0.0782. The molecule has 0 aromatic carbocycles. The summed E-state index contributed by atoms with van der Waals surface area (Å²) in [5, 5.41) is 3.71. The van der Waals surface area contributed by atoms with Crippen LogP contribution >= 0.6 is 23.2 Å². The quantitative estimate of drug-likeness (QED) is 0.873. The van der Waals surface area contributed by atoms with Crippen molar-refractivity contribution >= 4 is 29.1 Å². The molecule has 0 aliphatic carbocycles. The van der Waals surface area contributed by atoms with Gasteiger partial charge in [0.05, 0.1) is 6.04 Å². The van der Waals surface area contributed by atoms with E-state index in [1.807, 2.05) is 0 Å². The summed E-state index contributed by atoms with van der Waals surface area (Å²) in [5.41, 5.74) is 0.905. The zero-order valence-corrected chi connectivity index (χ0v) is 12.3. The number of hydrogen-bond acceptors (Lipinski definition) is 3. The van der Waals surface area contributed by atoms with Crippen LogP contribution < -0.4 is 5.32 Å². The Bertz CT molecular complexity index is 467. The Morgan fingerprint density at radius 2 is 2.32 bits per heavy atom. The molecule has 0 spiro atoms. The van der Waals surface area contributed by atoms with Crippen LogP contribution in [0.2, 0.25) is 10.2 Å². The van der Waals surface area contributed by atoms with Gasteiger partial charge in [-0.2, -0.15) is 0 Å². The van der Waals surface area contributed by atoms with Gasteiger partial charge in [0.15, 0.2) is 0 Å². The van der Waals surface area contributed by atoms with E-state index in [1.54, 1.807) is 19.3 Å². The largest absolute Gasteiger partial charge is 0.358 e. The molecule has 0 radical (unpaired) electrons. The number of piperidine rings is 1. The van der Waals surface area contributed by atoms with Crippen LogP contribution in [0.15, 0.2) is 12.3 Å². The van der Waals surface area contributed by atoms with Crippen molar-refractivity contribution in [3.05, 3.63) is 28.0 Å². The van der Waals surface area contributed by atoms with E-state index in [0.29, 0.717) is 16.7 Å². The SMILES string of the molecule is CNC(=O)C1CCCCN1Cc1cnc(Cl)cc1Cl. The van der Waals surface area contributed by atoms with E-state index in [-0.39, 0.29) is 11.9 Å². The Balaban J connectivity index is 2.13. The molecule has 1 saturated heterocycles. The molecule has 0 bridgehead atoms. The fraction of sp³-hybridized carbons (Fsp3) is 0.538. The van der Waals surface area contributed by atoms with Crippen molar-refractivity contribution in [3.8, 4) is 0 Å². The highest BCUT2D eigenvalue weighted by atomic mass is 35.5. The smallest absolute Gasteiger partial charge is 0.237 e. The van der Waals surface area contributed by atoms with Gasteiger partial charge in [0.25, 0.3) is 0 Å². The molecular formula is C13H17Cl2N3O. The zero-order valence-electron chi connectivity index (χ0n) is 10.8. The lowest BCUT2D eigenvalue weighted by molar-refractivity contribution is -0.127. The lowest BCUT2D eigenvalue weighted by atomic mass is 10.0. The normalized spacial score (nSPS) is 20.3. The highest BCUT2D eigenvalue weighted by Crippen LogP contribution is 2.24. The lowest BCUT2D eigenvalue weighted by Gasteiger charge is -2.34. The average Bonchev–Trinajstić information content (AvgIpc) is 2.41. The Labute approximate surface area is 123 Å². The van der Waals surface area contributed by atoms with Crippen molar-refractivity contribution in [2.24, 2.45) is 0 Å². The first-order valence-electron chi connectivity index (χ1n) is 6.37. The van der Waals surface area contributed by atoms with Crippen LogP contribution in [0.1, 0.15) is 24.8 Å². The maximum Gasteiger partial charge on any atom is 0.237 e. The van der Waals surface area contributed by atoms with E-state index < -0.39 is 0 Å². The van der Waals surface area contributed by atoms with Gasteiger partial charge in [-0.25, -0.2) is 4.98 Å². The molecule has 1 amide bonds. The molecule has 1 N–H and O–H groups in total. The number of aromatic nitrogens is 1. The minimum absolute atomic E-state index is 0.0674. The number of nitrogens with zero attached hydrogens (tertiary/aromatic N) is 2. The number of likely N-dealkylation sites (tertiary alicyclic amines) is 1. The predicted octanol–water partition coefficient (Wildman–Crippen LogP) is 2.49. The zero-order chi connectivity index (χ0) is 13.8. The Hall–Kier alpha value is -0.840. The second-order valence-electron chi connectivity index (χ2n) is 4.69. The van der Waals surface area contributed by atoms with Crippen molar-refractivity contribution in [1.82, 2.24) is 15.2 Å². The molecule has 104 valence electrons. The molecule has 1 aromatic rings. The van der Waals surface area contributed by atoms with Gasteiger partial charge >= 0.3 is 0 Å². The number of rotatable bonds is 3. The van der Waals surface area contributed by atoms with Crippen molar-refractivity contribution in [3.63, 3.8) is 0 Å². The summed E-state index contributed by atoms with van der Waals surface area (Å²) in [5.74, 6) is 0.0674.